The normalized spacial score (nSPS) is 31.8. The zero-order chi connectivity index (χ0) is 17.4. The van der Waals surface area contributed by atoms with E-state index >= 15 is 0 Å². The molecule has 3 heterocycles. The lowest BCUT2D eigenvalue weighted by atomic mass is 9.64. The third kappa shape index (κ3) is 3.24. The van der Waals surface area contributed by atoms with Gasteiger partial charge in [0.15, 0.2) is 0 Å². The molecule has 3 fully saturated rings. The molecule has 2 aliphatic heterocycles. The molecule has 1 spiro atoms. The fraction of sp³-hybridized carbons (Fsp3) is 0.737. The van der Waals surface area contributed by atoms with Crippen LogP contribution in [0.15, 0.2) is 12.4 Å². The van der Waals surface area contributed by atoms with Gasteiger partial charge in [-0.2, -0.15) is 0 Å². The Bertz CT molecular complexity index is 638. The molecular weight excluding hydrogens is 316 g/mol. The van der Waals surface area contributed by atoms with Crippen LogP contribution in [0.3, 0.4) is 0 Å². The molecule has 4 rings (SSSR count). The predicted octanol–water partition coefficient (Wildman–Crippen LogP) is 2.17. The minimum Gasteiger partial charge on any atom is -0.368 e. The number of carbonyl (C=O) groups is 1. The summed E-state index contributed by atoms with van der Waals surface area (Å²) < 4.78 is 5.69. The molecule has 1 aliphatic carbocycles. The summed E-state index contributed by atoms with van der Waals surface area (Å²) in [6, 6.07) is 2.55. The van der Waals surface area contributed by atoms with Crippen molar-refractivity contribution in [1.82, 2.24) is 14.9 Å². The van der Waals surface area contributed by atoms with Crippen LogP contribution in [-0.2, 0) is 9.53 Å². The number of amides is 1. The molecule has 6 nitrogen and oxygen atoms in total. The van der Waals surface area contributed by atoms with E-state index in [9.17, 15) is 4.79 Å². The molecule has 3 aliphatic rings. The van der Waals surface area contributed by atoms with Gasteiger partial charge in [0.25, 0.3) is 5.91 Å². The molecule has 136 valence electrons. The summed E-state index contributed by atoms with van der Waals surface area (Å²) in [7, 11) is 2.12. The van der Waals surface area contributed by atoms with Gasteiger partial charge in [-0.15, -0.1) is 0 Å². The number of likely N-dealkylation sites (tertiary alicyclic amines) is 1. The number of aromatic nitrogens is 2. The van der Waals surface area contributed by atoms with E-state index in [2.05, 4.69) is 26.8 Å². The van der Waals surface area contributed by atoms with Crippen molar-refractivity contribution in [3.05, 3.63) is 18.1 Å². The highest BCUT2D eigenvalue weighted by atomic mass is 16.5. The first-order valence-corrected chi connectivity index (χ1v) is 9.48. The topological polar surface area (TPSA) is 58.6 Å². The molecule has 25 heavy (non-hydrogen) atoms. The van der Waals surface area contributed by atoms with Crippen LogP contribution in [0.25, 0.3) is 0 Å². The van der Waals surface area contributed by atoms with Crippen molar-refractivity contribution in [3.8, 4) is 0 Å². The maximum absolute atomic E-state index is 12.7. The quantitative estimate of drug-likeness (QED) is 0.841. The lowest BCUT2D eigenvalue weighted by Crippen LogP contribution is -2.52. The maximum atomic E-state index is 12.7. The second kappa shape index (κ2) is 6.56. The van der Waals surface area contributed by atoms with Gasteiger partial charge in [-0.05, 0) is 50.9 Å². The Morgan fingerprint density at radius 1 is 1.36 bits per heavy atom. The average molecular weight is 344 g/mol. The Morgan fingerprint density at radius 2 is 2.20 bits per heavy atom. The molecule has 1 aromatic heterocycles. The van der Waals surface area contributed by atoms with E-state index in [1.807, 2.05) is 13.0 Å². The van der Waals surface area contributed by atoms with Crippen molar-refractivity contribution in [2.75, 3.05) is 31.6 Å². The van der Waals surface area contributed by atoms with Crippen molar-refractivity contribution in [2.24, 2.45) is 5.41 Å². The third-order valence-electron chi connectivity index (χ3n) is 6.24. The highest BCUT2D eigenvalue weighted by Crippen LogP contribution is 2.50. The summed E-state index contributed by atoms with van der Waals surface area (Å²) >= 11 is 0. The second-order valence-corrected chi connectivity index (χ2v) is 8.06. The molecule has 2 saturated heterocycles. The standard InChI is InChI=1S/C19H28N4O2/c1-14-9-17(21-13-20-14)22(2)15-10-19(11-15)6-7-23(12-19)18(24)16-5-3-4-8-25-16/h9,13,15-16H,3-8,10-12H2,1-2H3. The van der Waals surface area contributed by atoms with Gasteiger partial charge in [0.2, 0.25) is 0 Å². The number of anilines is 1. The first kappa shape index (κ1) is 16.8. The van der Waals surface area contributed by atoms with E-state index in [-0.39, 0.29) is 12.0 Å². The third-order valence-corrected chi connectivity index (χ3v) is 6.24. The van der Waals surface area contributed by atoms with Gasteiger partial charge in [0, 0.05) is 44.5 Å². The summed E-state index contributed by atoms with van der Waals surface area (Å²) in [5, 5.41) is 0. The molecule has 0 aromatic carbocycles. The number of ether oxygens (including phenoxy) is 1. The molecule has 1 unspecified atom stereocenters. The number of carbonyl (C=O) groups excluding carboxylic acids is 1. The molecule has 1 amide bonds. The molecular formula is C19H28N4O2. The number of rotatable bonds is 3. The SMILES string of the molecule is Cc1cc(N(C)C2CC3(CCN(C(=O)C4CCCCO4)C3)C2)ncn1. The van der Waals surface area contributed by atoms with Gasteiger partial charge in [0.1, 0.15) is 18.2 Å². The Hall–Kier alpha value is -1.69. The van der Waals surface area contributed by atoms with Crippen LogP contribution in [0.1, 0.15) is 44.2 Å². The van der Waals surface area contributed by atoms with Crippen LogP contribution < -0.4 is 4.90 Å². The second-order valence-electron chi connectivity index (χ2n) is 8.06. The summed E-state index contributed by atoms with van der Waals surface area (Å²) in [5.41, 5.74) is 1.31. The highest BCUT2D eigenvalue weighted by molar-refractivity contribution is 5.81. The monoisotopic (exact) mass is 344 g/mol. The van der Waals surface area contributed by atoms with E-state index in [0.29, 0.717) is 11.5 Å². The molecule has 0 N–H and O–H groups in total. The van der Waals surface area contributed by atoms with Crippen molar-refractivity contribution < 1.29 is 9.53 Å². The Morgan fingerprint density at radius 3 is 2.92 bits per heavy atom. The van der Waals surface area contributed by atoms with E-state index in [1.165, 1.54) is 0 Å². The lowest BCUT2D eigenvalue weighted by Gasteiger charge is -2.49. The van der Waals surface area contributed by atoms with Crippen LogP contribution in [0, 0.1) is 12.3 Å². The van der Waals surface area contributed by atoms with Gasteiger partial charge < -0.3 is 14.5 Å². The predicted molar refractivity (Wildman–Crippen MR) is 95.4 cm³/mol. The minimum absolute atomic E-state index is 0.188. The zero-order valence-corrected chi connectivity index (χ0v) is 15.3. The van der Waals surface area contributed by atoms with E-state index in [4.69, 9.17) is 4.74 Å². The first-order valence-electron chi connectivity index (χ1n) is 9.48. The minimum atomic E-state index is -0.188. The molecule has 1 saturated carbocycles. The summed E-state index contributed by atoms with van der Waals surface area (Å²) in [4.78, 5) is 25.6. The van der Waals surface area contributed by atoms with Gasteiger partial charge >= 0.3 is 0 Å². The average Bonchev–Trinajstić information content (AvgIpc) is 3.06. The van der Waals surface area contributed by atoms with Crippen LogP contribution in [0.4, 0.5) is 5.82 Å². The fourth-order valence-electron chi connectivity index (χ4n) is 4.63. The first-order chi connectivity index (χ1) is 12.1. The van der Waals surface area contributed by atoms with Crippen LogP contribution in [0.2, 0.25) is 0 Å². The van der Waals surface area contributed by atoms with Crippen LogP contribution in [-0.4, -0.2) is 59.7 Å². The summed E-state index contributed by atoms with van der Waals surface area (Å²) in [6.07, 6.45) is 7.94. The zero-order valence-electron chi connectivity index (χ0n) is 15.3. The summed E-state index contributed by atoms with van der Waals surface area (Å²) in [5.74, 6) is 1.22. The van der Waals surface area contributed by atoms with Crippen molar-refractivity contribution in [1.29, 1.82) is 0 Å². The molecule has 6 heteroatoms. The smallest absolute Gasteiger partial charge is 0.251 e. The highest BCUT2D eigenvalue weighted by Gasteiger charge is 2.51. The van der Waals surface area contributed by atoms with Crippen LogP contribution in [0.5, 0.6) is 0 Å². The summed E-state index contributed by atoms with van der Waals surface area (Å²) in [6.45, 7) is 4.52. The Labute approximate surface area is 149 Å². The van der Waals surface area contributed by atoms with E-state index in [0.717, 1.165) is 69.7 Å². The Kier molecular flexibility index (Phi) is 4.40. The van der Waals surface area contributed by atoms with Crippen molar-refractivity contribution in [3.63, 3.8) is 0 Å². The van der Waals surface area contributed by atoms with Gasteiger partial charge in [0.05, 0.1) is 0 Å². The Balaban J connectivity index is 1.33. The van der Waals surface area contributed by atoms with Gasteiger partial charge in [-0.25, -0.2) is 9.97 Å². The maximum Gasteiger partial charge on any atom is 0.251 e. The van der Waals surface area contributed by atoms with E-state index < -0.39 is 0 Å². The fourth-order valence-corrected chi connectivity index (χ4v) is 4.63. The van der Waals surface area contributed by atoms with Crippen molar-refractivity contribution >= 4 is 11.7 Å². The van der Waals surface area contributed by atoms with Crippen LogP contribution >= 0.6 is 0 Å². The van der Waals surface area contributed by atoms with Crippen molar-refractivity contribution in [2.45, 2.75) is 57.6 Å². The molecule has 1 atom stereocenters. The van der Waals surface area contributed by atoms with Gasteiger partial charge in [-0.1, -0.05) is 0 Å². The number of aryl methyl sites for hydroxylation is 1. The number of nitrogens with zero attached hydrogens (tertiary/aromatic N) is 4. The molecule has 1 aromatic rings. The lowest BCUT2D eigenvalue weighted by molar-refractivity contribution is -0.146. The molecule has 0 radical (unpaired) electrons. The van der Waals surface area contributed by atoms with E-state index in [1.54, 1.807) is 6.33 Å². The molecule has 0 bridgehead atoms. The van der Waals surface area contributed by atoms with Gasteiger partial charge in [-0.3, -0.25) is 4.79 Å². The number of hydrogen-bond acceptors (Lipinski definition) is 5. The largest absolute Gasteiger partial charge is 0.368 e. The number of hydrogen-bond donors (Lipinski definition) is 0.